The van der Waals surface area contributed by atoms with Crippen LogP contribution >= 0.6 is 21.6 Å². The number of hydrogen-bond acceptors (Lipinski definition) is 7. The topological polar surface area (TPSA) is 85.9 Å². The molecule has 214 valence electrons. The molecule has 2 amide bonds. The molecule has 0 aromatic heterocycles. The molecule has 38 heavy (non-hydrogen) atoms. The number of amides is 2. The highest BCUT2D eigenvalue weighted by molar-refractivity contribution is 8.77. The highest BCUT2D eigenvalue weighted by Crippen LogP contribution is 2.38. The maximum atomic E-state index is 12.5. The maximum Gasteiger partial charge on any atom is 0.251 e. The first kappa shape index (κ1) is 34.2. The first-order chi connectivity index (χ1) is 18.0. The summed E-state index contributed by atoms with van der Waals surface area (Å²) in [6.07, 6.45) is 2.05. The van der Waals surface area contributed by atoms with Gasteiger partial charge in [-0.3, -0.25) is 9.59 Å². The van der Waals surface area contributed by atoms with Gasteiger partial charge in [0, 0.05) is 22.8 Å². The van der Waals surface area contributed by atoms with E-state index in [0.717, 1.165) is 12.8 Å². The van der Waals surface area contributed by atoms with Crippen molar-refractivity contribution in [3.63, 3.8) is 0 Å². The summed E-state index contributed by atoms with van der Waals surface area (Å²) in [6.45, 7) is 16.6. The van der Waals surface area contributed by atoms with Crippen LogP contribution in [0.2, 0.25) is 0 Å². The fourth-order valence-electron chi connectivity index (χ4n) is 2.86. The Labute approximate surface area is 237 Å². The average molecular weight is 567 g/mol. The Morgan fingerprint density at radius 1 is 1.08 bits per heavy atom. The summed E-state index contributed by atoms with van der Waals surface area (Å²) < 4.78 is 17.5. The van der Waals surface area contributed by atoms with E-state index in [-0.39, 0.29) is 41.1 Å². The van der Waals surface area contributed by atoms with Crippen LogP contribution in [0.3, 0.4) is 0 Å². The number of carbonyl (C=O) groups excluding carboxylic acids is 2. The summed E-state index contributed by atoms with van der Waals surface area (Å²) in [5.74, 6) is 7.12. The zero-order chi connectivity index (χ0) is 28.4. The molecule has 2 N–H and O–H groups in total. The van der Waals surface area contributed by atoms with Gasteiger partial charge < -0.3 is 24.8 Å². The van der Waals surface area contributed by atoms with Crippen LogP contribution in [0.5, 0.6) is 5.75 Å². The first-order valence-electron chi connectivity index (χ1n) is 13.3. The molecule has 0 aliphatic carbocycles. The van der Waals surface area contributed by atoms with E-state index in [0.29, 0.717) is 43.5 Å². The van der Waals surface area contributed by atoms with Crippen LogP contribution in [-0.4, -0.2) is 61.5 Å². The van der Waals surface area contributed by atoms with Gasteiger partial charge in [0.25, 0.3) is 5.91 Å². The highest BCUT2D eigenvalue weighted by Gasteiger charge is 2.18. The second kappa shape index (κ2) is 19.2. The Hall–Kier alpha value is -1.86. The molecule has 0 fully saturated rings. The summed E-state index contributed by atoms with van der Waals surface area (Å²) in [4.78, 5) is 24.3. The Bertz CT molecular complexity index is 891. The second-order valence-corrected chi connectivity index (χ2v) is 13.7. The monoisotopic (exact) mass is 566 g/mol. The Balaban J connectivity index is 2.50. The summed E-state index contributed by atoms with van der Waals surface area (Å²) in [6, 6.07) is 7.19. The summed E-state index contributed by atoms with van der Waals surface area (Å²) in [5, 5.41) is 5.68. The van der Waals surface area contributed by atoms with E-state index in [9.17, 15) is 9.59 Å². The van der Waals surface area contributed by atoms with Crippen molar-refractivity contribution in [3.05, 3.63) is 29.8 Å². The summed E-state index contributed by atoms with van der Waals surface area (Å²) in [7, 11) is 3.30. The van der Waals surface area contributed by atoms with Crippen LogP contribution in [0.15, 0.2) is 24.3 Å². The van der Waals surface area contributed by atoms with Crippen LogP contribution in [0.25, 0.3) is 0 Å². The van der Waals surface area contributed by atoms with Crippen molar-refractivity contribution in [1.29, 1.82) is 0 Å². The van der Waals surface area contributed by atoms with E-state index in [2.05, 4.69) is 57.1 Å². The van der Waals surface area contributed by atoms with Gasteiger partial charge in [-0.2, -0.15) is 0 Å². The molecule has 0 saturated carbocycles. The van der Waals surface area contributed by atoms with Crippen LogP contribution in [0.1, 0.15) is 71.7 Å². The molecule has 9 heteroatoms. The quantitative estimate of drug-likeness (QED) is 0.111. The van der Waals surface area contributed by atoms with Crippen molar-refractivity contribution in [1.82, 2.24) is 10.6 Å². The third-order valence-corrected chi connectivity index (χ3v) is 8.18. The molecule has 0 aliphatic heterocycles. The summed E-state index contributed by atoms with van der Waals surface area (Å²) in [5.41, 5.74) is 0.319. The van der Waals surface area contributed by atoms with Crippen molar-refractivity contribution in [2.24, 2.45) is 11.8 Å². The fraction of sp³-hybridized carbons (Fsp3) is 0.655. The van der Waals surface area contributed by atoms with Gasteiger partial charge in [-0.1, -0.05) is 88.0 Å². The lowest BCUT2D eigenvalue weighted by molar-refractivity contribution is -0.126. The predicted molar refractivity (Wildman–Crippen MR) is 159 cm³/mol. The molecule has 1 rings (SSSR count). The molecule has 0 saturated heterocycles. The lowest BCUT2D eigenvalue weighted by atomic mass is 10.1. The molecule has 0 radical (unpaired) electrons. The van der Waals surface area contributed by atoms with Gasteiger partial charge in [0.1, 0.15) is 24.4 Å². The molecular weight excluding hydrogens is 520 g/mol. The molecule has 0 bridgehead atoms. The highest BCUT2D eigenvalue weighted by atomic mass is 33.1. The lowest BCUT2D eigenvalue weighted by Gasteiger charge is -2.22. The van der Waals surface area contributed by atoms with Crippen molar-refractivity contribution in [3.8, 4) is 17.6 Å². The van der Waals surface area contributed by atoms with Gasteiger partial charge >= 0.3 is 0 Å². The van der Waals surface area contributed by atoms with Gasteiger partial charge in [0.15, 0.2) is 0 Å². The van der Waals surface area contributed by atoms with Gasteiger partial charge in [0.2, 0.25) is 5.91 Å². The normalized spacial score (nSPS) is 12.1. The van der Waals surface area contributed by atoms with Crippen molar-refractivity contribution < 1.29 is 23.8 Å². The predicted octanol–water partition coefficient (Wildman–Crippen LogP) is 5.55. The van der Waals surface area contributed by atoms with Crippen molar-refractivity contribution in [2.45, 2.75) is 71.5 Å². The summed E-state index contributed by atoms with van der Waals surface area (Å²) >= 11 is 0. The van der Waals surface area contributed by atoms with Crippen LogP contribution in [0, 0.1) is 23.7 Å². The van der Waals surface area contributed by atoms with Crippen LogP contribution in [0.4, 0.5) is 0 Å². The standard InChI is InChI=1S/C29H46N2O5S2/c1-22(2)11-9-15-30-26(32)20-34-17-18-35-27(37-38-29(5,6)7)21-36-25-14-8-13-24(19-25)28(33)31-16-10-12-23(3)4/h8,13-14,19,22-23,27H,10,12,15-18,20-21H2,1-7H3,(H,30,32)(H,31,33)/t27-/m0/s1. The third kappa shape index (κ3) is 18.4. The molecule has 0 heterocycles. The largest absolute Gasteiger partial charge is 0.490 e. The van der Waals surface area contributed by atoms with Crippen LogP contribution in [-0.2, 0) is 14.3 Å². The minimum atomic E-state index is -0.253. The molecule has 0 spiro atoms. The van der Waals surface area contributed by atoms with Gasteiger partial charge in [-0.15, -0.1) is 0 Å². The Kier molecular flexibility index (Phi) is 17.3. The van der Waals surface area contributed by atoms with Gasteiger partial charge in [0.05, 0.1) is 19.8 Å². The van der Waals surface area contributed by atoms with E-state index in [1.807, 2.05) is 26.0 Å². The zero-order valence-corrected chi connectivity index (χ0v) is 25.7. The van der Waals surface area contributed by atoms with Crippen LogP contribution < -0.4 is 15.4 Å². The van der Waals surface area contributed by atoms with E-state index >= 15 is 0 Å². The van der Waals surface area contributed by atoms with E-state index in [1.165, 1.54) is 0 Å². The van der Waals surface area contributed by atoms with E-state index in [1.54, 1.807) is 33.7 Å². The van der Waals surface area contributed by atoms with Crippen molar-refractivity contribution >= 4 is 33.4 Å². The SMILES string of the molecule is CC(C)C#CCNC(=O)COCCO[C@H](COc1cccc(C(=O)NCCCC(C)C)c1)SSC(C)(C)C. The molecular formula is C29H46N2O5S2. The molecule has 0 unspecified atom stereocenters. The molecule has 7 nitrogen and oxygen atoms in total. The lowest BCUT2D eigenvalue weighted by Crippen LogP contribution is -2.29. The maximum absolute atomic E-state index is 12.5. The first-order valence-corrected chi connectivity index (χ1v) is 15.5. The zero-order valence-electron chi connectivity index (χ0n) is 24.1. The minimum absolute atomic E-state index is 0.0376. The second-order valence-electron chi connectivity index (χ2n) is 10.5. The molecule has 1 aromatic rings. The number of benzene rings is 1. The number of ether oxygens (including phenoxy) is 3. The number of rotatable bonds is 17. The van der Waals surface area contributed by atoms with E-state index < -0.39 is 0 Å². The van der Waals surface area contributed by atoms with Gasteiger partial charge in [-0.05, 0) is 37.0 Å². The van der Waals surface area contributed by atoms with Gasteiger partial charge in [-0.25, -0.2) is 0 Å². The Morgan fingerprint density at radius 2 is 1.84 bits per heavy atom. The van der Waals surface area contributed by atoms with E-state index in [4.69, 9.17) is 14.2 Å². The fourth-order valence-corrected chi connectivity index (χ4v) is 5.05. The number of hydrogen-bond donors (Lipinski definition) is 2. The third-order valence-electron chi connectivity index (χ3n) is 4.66. The Morgan fingerprint density at radius 3 is 2.53 bits per heavy atom. The smallest absolute Gasteiger partial charge is 0.251 e. The molecule has 1 atom stereocenters. The molecule has 0 aliphatic rings. The minimum Gasteiger partial charge on any atom is -0.490 e. The average Bonchev–Trinajstić information content (AvgIpc) is 2.84. The van der Waals surface area contributed by atoms with Crippen molar-refractivity contribution in [2.75, 3.05) is 39.5 Å². The number of carbonyl (C=O) groups is 2. The number of nitrogens with one attached hydrogen (secondary N) is 2. The molecule has 1 aromatic carbocycles.